The number of nitrogens with zero attached hydrogens (tertiary/aromatic N) is 2. The largest absolute Gasteiger partial charge is 0.497 e. The van der Waals surface area contributed by atoms with Crippen LogP contribution in [0.5, 0.6) is 5.75 Å². The van der Waals surface area contributed by atoms with Crippen molar-refractivity contribution < 1.29 is 14.6 Å². The van der Waals surface area contributed by atoms with Gasteiger partial charge in [0.25, 0.3) is 0 Å². The Morgan fingerprint density at radius 2 is 1.57 bits per heavy atom. The number of aliphatic hydroxyl groups is 1. The van der Waals surface area contributed by atoms with E-state index in [1.54, 1.807) is 7.11 Å². The zero-order valence-electron chi connectivity index (χ0n) is 20.3. The van der Waals surface area contributed by atoms with Crippen LogP contribution in [0.1, 0.15) is 29.9 Å². The van der Waals surface area contributed by atoms with E-state index < -0.39 is 0 Å². The van der Waals surface area contributed by atoms with Gasteiger partial charge in [0.15, 0.2) is 0 Å². The molecule has 1 N–H and O–H groups in total. The first-order valence-corrected chi connectivity index (χ1v) is 12.6. The van der Waals surface area contributed by atoms with Crippen LogP contribution < -0.4 is 4.74 Å². The minimum atomic E-state index is 0.107. The van der Waals surface area contributed by atoms with Crippen molar-refractivity contribution in [3.8, 4) is 16.9 Å². The molecule has 5 heteroatoms. The van der Waals surface area contributed by atoms with Crippen molar-refractivity contribution in [2.75, 3.05) is 33.4 Å². The molecular weight excluding hydrogens is 436 g/mol. The topological polar surface area (TPSA) is 53.0 Å². The van der Waals surface area contributed by atoms with Gasteiger partial charge in [-0.05, 0) is 53.8 Å². The number of aliphatic hydroxyl groups excluding tert-OH is 1. The minimum Gasteiger partial charge on any atom is -0.497 e. The standard InChI is InChI=1S/C30H34N2O3/c1-35-26-15-13-24(14-16-26)23-9-11-25(12-10-23)30-27-20-31(17-5-6-18-32(27)28(30)21-33)29(34)19-22-7-3-2-4-8-22/h2-4,7-16,27-28,30,33H,5-6,17-21H2,1H3/t27-,28+,30-/m0/s1. The van der Waals surface area contributed by atoms with Crippen molar-refractivity contribution in [3.63, 3.8) is 0 Å². The molecule has 5 rings (SSSR count). The number of carbonyl (C=O) groups is 1. The fourth-order valence-corrected chi connectivity index (χ4v) is 5.73. The molecule has 0 radical (unpaired) electrons. The molecule has 0 aromatic heterocycles. The molecule has 3 aromatic carbocycles. The lowest BCUT2D eigenvalue weighted by Crippen LogP contribution is -2.68. The number of carbonyl (C=O) groups excluding carboxylic acids is 1. The van der Waals surface area contributed by atoms with Gasteiger partial charge in [-0.25, -0.2) is 0 Å². The van der Waals surface area contributed by atoms with Gasteiger partial charge >= 0.3 is 0 Å². The van der Waals surface area contributed by atoms with Crippen LogP contribution in [0.3, 0.4) is 0 Å². The van der Waals surface area contributed by atoms with Crippen molar-refractivity contribution in [3.05, 3.63) is 90.0 Å². The average Bonchev–Trinajstić information content (AvgIpc) is 2.89. The molecule has 2 aliphatic heterocycles. The van der Waals surface area contributed by atoms with E-state index in [0.29, 0.717) is 13.0 Å². The summed E-state index contributed by atoms with van der Waals surface area (Å²) >= 11 is 0. The highest BCUT2D eigenvalue weighted by Crippen LogP contribution is 2.42. The molecule has 1 amide bonds. The lowest BCUT2D eigenvalue weighted by Gasteiger charge is -2.57. The van der Waals surface area contributed by atoms with Crippen molar-refractivity contribution in [1.82, 2.24) is 9.80 Å². The molecule has 3 atom stereocenters. The highest BCUT2D eigenvalue weighted by atomic mass is 16.5. The van der Waals surface area contributed by atoms with Crippen LogP contribution in [0.2, 0.25) is 0 Å². The van der Waals surface area contributed by atoms with Gasteiger partial charge in [0.2, 0.25) is 5.91 Å². The Hall–Kier alpha value is -3.15. The first kappa shape index (κ1) is 23.6. The number of fused-ring (bicyclic) bond motifs is 1. The van der Waals surface area contributed by atoms with Gasteiger partial charge < -0.3 is 14.7 Å². The fourth-order valence-electron chi connectivity index (χ4n) is 5.73. The molecule has 0 aliphatic carbocycles. The summed E-state index contributed by atoms with van der Waals surface area (Å²) in [5.41, 5.74) is 4.60. The molecule has 0 spiro atoms. The van der Waals surface area contributed by atoms with Crippen LogP contribution in [-0.4, -0.2) is 66.2 Å². The van der Waals surface area contributed by atoms with Gasteiger partial charge in [-0.3, -0.25) is 9.69 Å². The van der Waals surface area contributed by atoms with Gasteiger partial charge in [0.1, 0.15) is 5.75 Å². The van der Waals surface area contributed by atoms with Crippen molar-refractivity contribution in [1.29, 1.82) is 0 Å². The second kappa shape index (κ2) is 10.6. The summed E-state index contributed by atoms with van der Waals surface area (Å²) in [4.78, 5) is 17.7. The number of ether oxygens (including phenoxy) is 1. The van der Waals surface area contributed by atoms with Crippen LogP contribution in [0, 0.1) is 0 Å². The summed E-state index contributed by atoms with van der Waals surface area (Å²) in [6.07, 6.45) is 2.49. The summed E-state index contributed by atoms with van der Waals surface area (Å²) in [6, 6.07) is 27.1. The van der Waals surface area contributed by atoms with E-state index >= 15 is 0 Å². The zero-order chi connectivity index (χ0) is 24.2. The third-order valence-electron chi connectivity index (χ3n) is 7.64. The quantitative estimate of drug-likeness (QED) is 0.582. The summed E-state index contributed by atoms with van der Waals surface area (Å²) in [5, 5.41) is 10.2. The molecule has 0 bridgehead atoms. The van der Waals surface area contributed by atoms with E-state index in [2.05, 4.69) is 46.2 Å². The normalized spacial score (nSPS) is 22.5. The van der Waals surface area contributed by atoms with Gasteiger partial charge in [0, 0.05) is 31.1 Å². The highest BCUT2D eigenvalue weighted by Gasteiger charge is 2.49. The number of hydrogen-bond acceptors (Lipinski definition) is 4. The summed E-state index contributed by atoms with van der Waals surface area (Å²) < 4.78 is 5.27. The van der Waals surface area contributed by atoms with Crippen molar-refractivity contribution in [2.45, 2.75) is 37.3 Å². The van der Waals surface area contributed by atoms with E-state index in [0.717, 1.165) is 48.4 Å². The molecule has 2 aliphatic rings. The van der Waals surface area contributed by atoms with Crippen LogP contribution in [0.15, 0.2) is 78.9 Å². The Labute approximate surface area is 208 Å². The number of hydrogen-bond donors (Lipinski definition) is 1. The lowest BCUT2D eigenvalue weighted by molar-refractivity contribution is -0.135. The number of benzene rings is 3. The third kappa shape index (κ3) is 4.97. The van der Waals surface area contributed by atoms with E-state index in [9.17, 15) is 9.90 Å². The van der Waals surface area contributed by atoms with Gasteiger partial charge in [-0.1, -0.05) is 66.7 Å². The average molecular weight is 471 g/mol. The predicted octanol–water partition coefficient (Wildman–Crippen LogP) is 4.36. The van der Waals surface area contributed by atoms with Crippen LogP contribution in [-0.2, 0) is 11.2 Å². The summed E-state index contributed by atoms with van der Waals surface area (Å²) in [6.45, 7) is 2.65. The first-order valence-electron chi connectivity index (χ1n) is 12.6. The van der Waals surface area contributed by atoms with Gasteiger partial charge in [0.05, 0.1) is 20.1 Å². The maximum absolute atomic E-state index is 13.2. The molecule has 2 saturated heterocycles. The maximum Gasteiger partial charge on any atom is 0.227 e. The number of rotatable bonds is 6. The third-order valence-corrected chi connectivity index (χ3v) is 7.64. The fraction of sp³-hybridized carbons (Fsp3) is 0.367. The molecule has 2 fully saturated rings. The lowest BCUT2D eigenvalue weighted by atomic mass is 9.74. The SMILES string of the molecule is COc1ccc(-c2ccc([C@@H]3[C@@H](CO)N4CCCCN(C(=O)Cc5ccccc5)C[C@@H]34)cc2)cc1. The molecule has 5 nitrogen and oxygen atoms in total. The molecule has 182 valence electrons. The smallest absolute Gasteiger partial charge is 0.227 e. The molecule has 0 saturated carbocycles. The molecule has 0 unspecified atom stereocenters. The number of amides is 1. The van der Waals surface area contributed by atoms with Crippen LogP contribution in [0.4, 0.5) is 0 Å². The molecule has 2 heterocycles. The van der Waals surface area contributed by atoms with Crippen molar-refractivity contribution in [2.24, 2.45) is 0 Å². The Kier molecular flexibility index (Phi) is 7.16. The minimum absolute atomic E-state index is 0.107. The predicted molar refractivity (Wildman–Crippen MR) is 138 cm³/mol. The van der Waals surface area contributed by atoms with E-state index in [1.807, 2.05) is 42.5 Å². The Balaban J connectivity index is 1.33. The van der Waals surface area contributed by atoms with E-state index in [-0.39, 0.29) is 30.5 Å². The van der Waals surface area contributed by atoms with Crippen LogP contribution in [0.25, 0.3) is 11.1 Å². The first-order chi connectivity index (χ1) is 17.2. The Morgan fingerprint density at radius 3 is 2.23 bits per heavy atom. The number of methoxy groups -OCH3 is 1. The second-order valence-electron chi connectivity index (χ2n) is 9.64. The van der Waals surface area contributed by atoms with Crippen molar-refractivity contribution >= 4 is 5.91 Å². The van der Waals surface area contributed by atoms with E-state index in [1.165, 1.54) is 5.56 Å². The molecular formula is C30H34N2O3. The monoisotopic (exact) mass is 470 g/mol. The summed E-state index contributed by atoms with van der Waals surface area (Å²) in [7, 11) is 1.68. The Morgan fingerprint density at radius 1 is 0.914 bits per heavy atom. The Bertz CT molecular complexity index is 1110. The van der Waals surface area contributed by atoms with E-state index in [4.69, 9.17) is 4.74 Å². The second-order valence-corrected chi connectivity index (χ2v) is 9.64. The highest BCUT2D eigenvalue weighted by molar-refractivity contribution is 5.79. The van der Waals surface area contributed by atoms with Gasteiger partial charge in [-0.15, -0.1) is 0 Å². The zero-order valence-corrected chi connectivity index (χ0v) is 20.3. The van der Waals surface area contributed by atoms with Gasteiger partial charge in [-0.2, -0.15) is 0 Å². The molecule has 35 heavy (non-hydrogen) atoms. The maximum atomic E-state index is 13.2. The molecule has 3 aromatic rings. The summed E-state index contributed by atoms with van der Waals surface area (Å²) in [5.74, 6) is 1.26. The van der Waals surface area contributed by atoms with Crippen LogP contribution >= 0.6 is 0 Å².